The molecule has 0 N–H and O–H groups in total. The highest BCUT2D eigenvalue weighted by atomic mass is 32.2. The Morgan fingerprint density at radius 2 is 1.60 bits per heavy atom. The molecule has 1 amide bonds. The summed E-state index contributed by atoms with van der Waals surface area (Å²) in [6, 6.07) is 21.0. The normalized spacial score (nSPS) is 16.4. The maximum absolute atomic E-state index is 13.4. The third kappa shape index (κ3) is 4.02. The average molecular weight is 422 g/mol. The van der Waals surface area contributed by atoms with Crippen LogP contribution in [-0.2, 0) is 9.84 Å². The van der Waals surface area contributed by atoms with Crippen molar-refractivity contribution in [1.29, 1.82) is 0 Å². The van der Waals surface area contributed by atoms with E-state index in [1.54, 1.807) is 12.1 Å². The van der Waals surface area contributed by atoms with E-state index >= 15 is 0 Å². The monoisotopic (exact) mass is 422 g/mol. The number of carbonyl (C=O) groups excluding carboxylic acids is 1. The van der Waals surface area contributed by atoms with Gasteiger partial charge in [0.1, 0.15) is 5.82 Å². The Bertz CT molecular complexity index is 1210. The fourth-order valence-electron chi connectivity index (χ4n) is 3.42. The Morgan fingerprint density at radius 3 is 2.20 bits per heavy atom. The topological polar surface area (TPSA) is 66.8 Å². The quantitative estimate of drug-likeness (QED) is 0.632. The lowest BCUT2D eigenvalue weighted by Crippen LogP contribution is -2.27. The number of hydrogen-bond acceptors (Lipinski definition) is 4. The van der Waals surface area contributed by atoms with Gasteiger partial charge >= 0.3 is 0 Å². The third-order valence-electron chi connectivity index (χ3n) is 5.01. The lowest BCUT2D eigenvalue weighted by Gasteiger charge is -2.22. The van der Waals surface area contributed by atoms with E-state index in [2.05, 4.69) is 5.10 Å². The highest BCUT2D eigenvalue weighted by Crippen LogP contribution is 2.34. The standard InChI is InChI=1S/C23H19FN2O3S/c1-30(28,29)20-13-9-18(10-14-20)23(27)26-22(17-7-11-19(24)12-8-17)15-21(25-26)16-5-3-2-4-6-16/h2-14,22H,15H2,1H3. The minimum Gasteiger partial charge on any atom is -0.267 e. The molecule has 0 aromatic heterocycles. The maximum Gasteiger partial charge on any atom is 0.274 e. The van der Waals surface area contributed by atoms with E-state index in [0.29, 0.717) is 12.0 Å². The number of amides is 1. The number of benzene rings is 3. The van der Waals surface area contributed by atoms with Gasteiger partial charge in [0.2, 0.25) is 0 Å². The van der Waals surface area contributed by atoms with Crippen molar-refractivity contribution in [2.45, 2.75) is 17.4 Å². The number of hydrazone groups is 1. The second-order valence-electron chi connectivity index (χ2n) is 7.13. The molecule has 7 heteroatoms. The summed E-state index contributed by atoms with van der Waals surface area (Å²) in [6.45, 7) is 0. The zero-order valence-corrected chi connectivity index (χ0v) is 17.0. The number of rotatable bonds is 4. The second kappa shape index (κ2) is 7.84. The van der Waals surface area contributed by atoms with Crippen LogP contribution in [-0.4, -0.2) is 31.3 Å². The summed E-state index contributed by atoms with van der Waals surface area (Å²) in [7, 11) is -3.35. The Hall–Kier alpha value is -3.32. The first-order chi connectivity index (χ1) is 14.3. The SMILES string of the molecule is CS(=O)(=O)c1ccc(C(=O)N2N=C(c3ccccc3)CC2c2ccc(F)cc2)cc1. The molecular formula is C23H19FN2O3S. The van der Waals surface area contributed by atoms with Crippen LogP contribution < -0.4 is 0 Å². The molecular weight excluding hydrogens is 403 g/mol. The van der Waals surface area contributed by atoms with Gasteiger partial charge in [-0.3, -0.25) is 4.79 Å². The van der Waals surface area contributed by atoms with Crippen LogP contribution in [0, 0.1) is 5.82 Å². The number of sulfone groups is 1. The Balaban J connectivity index is 1.71. The van der Waals surface area contributed by atoms with Crippen LogP contribution in [0.25, 0.3) is 0 Å². The largest absolute Gasteiger partial charge is 0.274 e. The summed E-state index contributed by atoms with van der Waals surface area (Å²) in [6.07, 6.45) is 1.61. The van der Waals surface area contributed by atoms with Crippen LogP contribution in [0.2, 0.25) is 0 Å². The zero-order chi connectivity index (χ0) is 21.3. The van der Waals surface area contributed by atoms with Gasteiger partial charge in [0.25, 0.3) is 5.91 Å². The van der Waals surface area contributed by atoms with Gasteiger partial charge in [-0.1, -0.05) is 42.5 Å². The summed E-state index contributed by atoms with van der Waals surface area (Å²) in [5, 5.41) is 5.97. The molecule has 0 saturated heterocycles. The van der Waals surface area contributed by atoms with Crippen LogP contribution in [0.5, 0.6) is 0 Å². The van der Waals surface area contributed by atoms with Crippen molar-refractivity contribution in [2.24, 2.45) is 5.10 Å². The molecule has 0 radical (unpaired) electrons. The molecule has 152 valence electrons. The molecule has 4 rings (SSSR count). The van der Waals surface area contributed by atoms with Crippen LogP contribution >= 0.6 is 0 Å². The average Bonchev–Trinajstić information content (AvgIpc) is 3.19. The minimum absolute atomic E-state index is 0.143. The molecule has 3 aromatic carbocycles. The van der Waals surface area contributed by atoms with Gasteiger partial charge in [0, 0.05) is 18.2 Å². The summed E-state index contributed by atoms with van der Waals surface area (Å²) < 4.78 is 36.8. The highest BCUT2D eigenvalue weighted by Gasteiger charge is 2.33. The van der Waals surface area contributed by atoms with Crippen LogP contribution in [0.4, 0.5) is 4.39 Å². The number of nitrogens with zero attached hydrogens (tertiary/aromatic N) is 2. The third-order valence-corrected chi connectivity index (χ3v) is 6.14. The van der Waals surface area contributed by atoms with E-state index < -0.39 is 9.84 Å². The fraction of sp³-hybridized carbons (Fsp3) is 0.130. The van der Waals surface area contributed by atoms with Gasteiger partial charge in [-0.25, -0.2) is 17.8 Å². The smallest absolute Gasteiger partial charge is 0.267 e. The predicted molar refractivity (Wildman–Crippen MR) is 112 cm³/mol. The number of halogens is 1. The van der Waals surface area contributed by atoms with Crippen LogP contribution in [0.1, 0.15) is 33.9 Å². The Kier molecular flexibility index (Phi) is 5.22. The van der Waals surface area contributed by atoms with Gasteiger partial charge in [0.15, 0.2) is 9.84 Å². The van der Waals surface area contributed by atoms with E-state index in [0.717, 1.165) is 23.1 Å². The molecule has 0 spiro atoms. The molecule has 1 aliphatic heterocycles. The van der Waals surface area contributed by atoms with Crippen molar-refractivity contribution >= 4 is 21.5 Å². The first-order valence-corrected chi connectivity index (χ1v) is 11.2. The molecule has 3 aromatic rings. The minimum atomic E-state index is -3.35. The summed E-state index contributed by atoms with van der Waals surface area (Å²) in [5.41, 5.74) is 2.76. The van der Waals surface area contributed by atoms with Crippen molar-refractivity contribution in [3.05, 3.63) is 101 Å². The molecule has 0 aliphatic carbocycles. The fourth-order valence-corrected chi connectivity index (χ4v) is 4.05. The molecule has 0 bridgehead atoms. The molecule has 1 unspecified atom stereocenters. The molecule has 30 heavy (non-hydrogen) atoms. The number of carbonyl (C=O) groups is 1. The second-order valence-corrected chi connectivity index (χ2v) is 9.15. The van der Waals surface area contributed by atoms with Crippen LogP contribution in [0.15, 0.2) is 88.9 Å². The van der Waals surface area contributed by atoms with E-state index in [1.165, 1.54) is 41.4 Å². The van der Waals surface area contributed by atoms with Crippen molar-refractivity contribution in [3.63, 3.8) is 0 Å². The van der Waals surface area contributed by atoms with Gasteiger partial charge in [-0.15, -0.1) is 0 Å². The van der Waals surface area contributed by atoms with Gasteiger partial charge < -0.3 is 0 Å². The van der Waals surface area contributed by atoms with Crippen molar-refractivity contribution in [1.82, 2.24) is 5.01 Å². The van der Waals surface area contributed by atoms with Crippen LogP contribution in [0.3, 0.4) is 0 Å². The molecule has 1 aliphatic rings. The van der Waals surface area contributed by atoms with Crippen molar-refractivity contribution < 1.29 is 17.6 Å². The van der Waals surface area contributed by atoms with E-state index in [4.69, 9.17) is 0 Å². The molecule has 0 saturated carbocycles. The van der Waals surface area contributed by atoms with E-state index in [9.17, 15) is 17.6 Å². The van der Waals surface area contributed by atoms with E-state index in [-0.39, 0.29) is 22.7 Å². The van der Waals surface area contributed by atoms with Crippen molar-refractivity contribution in [3.8, 4) is 0 Å². The first kappa shape index (κ1) is 20.0. The summed E-state index contributed by atoms with van der Waals surface area (Å²) in [5.74, 6) is -0.703. The predicted octanol–water partition coefficient (Wildman–Crippen LogP) is 4.22. The van der Waals surface area contributed by atoms with Gasteiger partial charge in [0.05, 0.1) is 16.6 Å². The maximum atomic E-state index is 13.4. The molecule has 1 heterocycles. The Labute approximate surface area is 174 Å². The summed E-state index contributed by atoms with van der Waals surface area (Å²) in [4.78, 5) is 13.4. The van der Waals surface area contributed by atoms with Gasteiger partial charge in [-0.05, 0) is 47.5 Å². The highest BCUT2D eigenvalue weighted by molar-refractivity contribution is 7.90. The lowest BCUT2D eigenvalue weighted by molar-refractivity contribution is 0.0711. The summed E-state index contributed by atoms with van der Waals surface area (Å²) >= 11 is 0. The van der Waals surface area contributed by atoms with Crippen molar-refractivity contribution in [2.75, 3.05) is 6.26 Å². The number of hydrogen-bond donors (Lipinski definition) is 0. The molecule has 0 fully saturated rings. The van der Waals surface area contributed by atoms with E-state index in [1.807, 2.05) is 30.3 Å². The molecule has 1 atom stereocenters. The Morgan fingerprint density at radius 1 is 0.967 bits per heavy atom. The first-order valence-electron chi connectivity index (χ1n) is 9.35. The lowest BCUT2D eigenvalue weighted by atomic mass is 9.98. The zero-order valence-electron chi connectivity index (χ0n) is 16.2. The van der Waals surface area contributed by atoms with Gasteiger partial charge in [-0.2, -0.15) is 5.10 Å². The molecule has 5 nitrogen and oxygen atoms in total.